The average molecular weight is 608 g/mol. The zero-order valence-electron chi connectivity index (χ0n) is 23.0. The van der Waals surface area contributed by atoms with Crippen LogP contribution in [0.4, 0.5) is 9.39 Å². The van der Waals surface area contributed by atoms with Gasteiger partial charge in [0.2, 0.25) is 5.91 Å². The fourth-order valence-corrected chi connectivity index (χ4v) is 6.85. The normalized spacial score (nSPS) is 12.1. The number of carbonyl (C=O) groups is 3. The van der Waals surface area contributed by atoms with Gasteiger partial charge in [0, 0.05) is 11.4 Å². The maximum Gasteiger partial charge on any atom is 0.341 e. The van der Waals surface area contributed by atoms with Crippen LogP contribution in [0, 0.1) is 5.82 Å². The maximum atomic E-state index is 14.1. The van der Waals surface area contributed by atoms with E-state index in [9.17, 15) is 18.8 Å². The second kappa shape index (κ2) is 13.8. The summed E-state index contributed by atoms with van der Waals surface area (Å²) < 4.78 is 21.2. The van der Waals surface area contributed by atoms with Crippen molar-refractivity contribution in [2.75, 3.05) is 17.7 Å². The predicted octanol–water partition coefficient (Wildman–Crippen LogP) is 5.05. The molecule has 5 rings (SSSR count). The Morgan fingerprint density at radius 1 is 1.07 bits per heavy atom. The standard InChI is InChI=1S/C30H30FN5O4S2/c1-2-40-29(39)26-21-12-8-14-23(21)42-28(26)33-25(37)18-41-30-35-34-24(36(30)16-15-19-9-4-3-5-10-19)17-32-27(38)20-11-6-7-13-22(20)31/h3-7,9-11,13H,2,8,12,14-18H2,1H3,(H,32,38)(H,33,37). The second-order valence-corrected chi connectivity index (χ2v) is 11.6. The number of thioether (sulfide) groups is 1. The highest BCUT2D eigenvalue weighted by atomic mass is 32.2. The molecule has 1 aliphatic rings. The SMILES string of the molecule is CCOC(=O)c1c(NC(=O)CSc2nnc(CNC(=O)c3ccccc3F)n2CCc2ccccc2)sc2c1CCC2. The van der Waals surface area contributed by atoms with Crippen molar-refractivity contribution in [2.24, 2.45) is 0 Å². The number of rotatable bonds is 12. The van der Waals surface area contributed by atoms with Crippen molar-refractivity contribution >= 4 is 45.9 Å². The molecule has 0 unspecified atom stereocenters. The lowest BCUT2D eigenvalue weighted by molar-refractivity contribution is -0.113. The fraction of sp³-hybridized carbons (Fsp3) is 0.300. The third kappa shape index (κ3) is 6.88. The summed E-state index contributed by atoms with van der Waals surface area (Å²) in [5, 5.41) is 15.2. The number of hydrogen-bond donors (Lipinski definition) is 2. The number of fused-ring (bicyclic) bond motifs is 1. The lowest BCUT2D eigenvalue weighted by atomic mass is 10.1. The Hall–Kier alpha value is -4.03. The number of nitrogens with zero attached hydrogens (tertiary/aromatic N) is 3. The molecule has 12 heteroatoms. The van der Waals surface area contributed by atoms with Gasteiger partial charge in [-0.1, -0.05) is 54.2 Å². The summed E-state index contributed by atoms with van der Waals surface area (Å²) in [5.41, 5.74) is 2.50. The molecule has 0 atom stereocenters. The van der Waals surface area contributed by atoms with Gasteiger partial charge in [0.1, 0.15) is 10.8 Å². The van der Waals surface area contributed by atoms with Gasteiger partial charge in [-0.2, -0.15) is 0 Å². The first kappa shape index (κ1) is 29.5. The molecule has 0 saturated carbocycles. The summed E-state index contributed by atoms with van der Waals surface area (Å²) >= 11 is 2.64. The van der Waals surface area contributed by atoms with E-state index in [1.165, 1.54) is 41.3 Å². The Morgan fingerprint density at radius 3 is 2.64 bits per heavy atom. The van der Waals surface area contributed by atoms with Crippen LogP contribution in [0.15, 0.2) is 59.8 Å². The van der Waals surface area contributed by atoms with Gasteiger partial charge < -0.3 is 19.9 Å². The van der Waals surface area contributed by atoms with Crippen LogP contribution in [0.25, 0.3) is 0 Å². The summed E-state index contributed by atoms with van der Waals surface area (Å²) in [6, 6.07) is 15.7. The van der Waals surface area contributed by atoms with Gasteiger partial charge in [0.05, 0.1) is 30.0 Å². The van der Waals surface area contributed by atoms with E-state index in [2.05, 4.69) is 20.8 Å². The number of aryl methyl sites for hydroxylation is 2. The number of thiophene rings is 1. The van der Waals surface area contributed by atoms with Crippen LogP contribution in [0.3, 0.4) is 0 Å². The Bertz CT molecular complexity index is 1590. The minimum absolute atomic E-state index is 0.0331. The zero-order valence-corrected chi connectivity index (χ0v) is 24.7. The molecule has 2 amide bonds. The highest BCUT2D eigenvalue weighted by Gasteiger charge is 2.28. The summed E-state index contributed by atoms with van der Waals surface area (Å²) in [6.07, 6.45) is 3.35. The molecule has 2 heterocycles. The van der Waals surface area contributed by atoms with E-state index in [4.69, 9.17) is 4.74 Å². The molecular formula is C30H30FN5O4S2. The van der Waals surface area contributed by atoms with Crippen molar-refractivity contribution in [3.63, 3.8) is 0 Å². The van der Waals surface area contributed by atoms with Crippen LogP contribution in [-0.2, 0) is 41.9 Å². The van der Waals surface area contributed by atoms with Crippen molar-refractivity contribution in [3.8, 4) is 0 Å². The number of benzene rings is 2. The van der Waals surface area contributed by atoms with Gasteiger partial charge >= 0.3 is 5.97 Å². The maximum absolute atomic E-state index is 14.1. The largest absolute Gasteiger partial charge is 0.462 e. The van der Waals surface area contributed by atoms with E-state index in [-0.39, 0.29) is 30.4 Å². The fourth-order valence-electron chi connectivity index (χ4n) is 4.77. The molecule has 42 heavy (non-hydrogen) atoms. The third-order valence-corrected chi connectivity index (χ3v) is 8.95. The van der Waals surface area contributed by atoms with Crippen LogP contribution in [0.1, 0.15) is 55.9 Å². The Balaban J connectivity index is 1.28. The number of esters is 1. The summed E-state index contributed by atoms with van der Waals surface area (Å²) in [7, 11) is 0. The van der Waals surface area contributed by atoms with Crippen LogP contribution < -0.4 is 10.6 Å². The lowest BCUT2D eigenvalue weighted by Gasteiger charge is -2.12. The predicted molar refractivity (Wildman–Crippen MR) is 159 cm³/mol. The number of nitrogens with one attached hydrogen (secondary N) is 2. The van der Waals surface area contributed by atoms with Crippen LogP contribution in [-0.4, -0.2) is 44.9 Å². The number of ether oxygens (including phenoxy) is 1. The summed E-state index contributed by atoms with van der Waals surface area (Å²) in [4.78, 5) is 39.4. The zero-order chi connectivity index (χ0) is 29.5. The van der Waals surface area contributed by atoms with E-state index in [0.29, 0.717) is 34.5 Å². The van der Waals surface area contributed by atoms with E-state index in [0.717, 1.165) is 35.3 Å². The van der Waals surface area contributed by atoms with Gasteiger partial charge in [0.15, 0.2) is 11.0 Å². The Morgan fingerprint density at radius 2 is 1.86 bits per heavy atom. The van der Waals surface area contributed by atoms with Gasteiger partial charge in [-0.25, -0.2) is 9.18 Å². The quantitative estimate of drug-likeness (QED) is 0.171. The third-order valence-electron chi connectivity index (χ3n) is 6.77. The van der Waals surface area contributed by atoms with Gasteiger partial charge in [0.25, 0.3) is 5.91 Å². The van der Waals surface area contributed by atoms with E-state index in [1.54, 1.807) is 13.0 Å². The topological polar surface area (TPSA) is 115 Å². The molecule has 0 aliphatic heterocycles. The van der Waals surface area contributed by atoms with Gasteiger partial charge in [-0.15, -0.1) is 21.5 Å². The monoisotopic (exact) mass is 607 g/mol. The van der Waals surface area contributed by atoms with E-state index >= 15 is 0 Å². The van der Waals surface area contributed by atoms with Gasteiger partial charge in [-0.05, 0) is 55.9 Å². The second-order valence-electron chi connectivity index (χ2n) is 9.57. The number of hydrogen-bond acceptors (Lipinski definition) is 8. The molecular weight excluding hydrogens is 577 g/mol. The molecule has 9 nitrogen and oxygen atoms in total. The number of aromatic nitrogens is 3. The Labute approximate surface area is 250 Å². The number of halogens is 1. The molecule has 2 aromatic carbocycles. The van der Waals surface area contributed by atoms with Crippen molar-refractivity contribution in [3.05, 3.63) is 93.4 Å². The lowest BCUT2D eigenvalue weighted by Crippen LogP contribution is -2.26. The molecule has 0 saturated heterocycles. The average Bonchev–Trinajstić information content (AvgIpc) is 3.69. The minimum Gasteiger partial charge on any atom is -0.462 e. The van der Waals surface area contributed by atoms with Crippen molar-refractivity contribution in [1.29, 1.82) is 0 Å². The molecule has 0 bridgehead atoms. The summed E-state index contributed by atoms with van der Waals surface area (Å²) in [6.45, 7) is 2.56. The first-order valence-corrected chi connectivity index (χ1v) is 15.5. The molecule has 218 valence electrons. The van der Waals surface area contributed by atoms with Crippen LogP contribution >= 0.6 is 23.1 Å². The van der Waals surface area contributed by atoms with Gasteiger partial charge in [-0.3, -0.25) is 9.59 Å². The van der Waals surface area contributed by atoms with Crippen LogP contribution in [0.2, 0.25) is 0 Å². The smallest absolute Gasteiger partial charge is 0.341 e. The van der Waals surface area contributed by atoms with Crippen molar-refractivity contribution < 1.29 is 23.5 Å². The van der Waals surface area contributed by atoms with Crippen LogP contribution in [0.5, 0.6) is 0 Å². The van der Waals surface area contributed by atoms with E-state index < -0.39 is 17.7 Å². The van der Waals surface area contributed by atoms with E-state index in [1.807, 2.05) is 34.9 Å². The molecule has 0 radical (unpaired) electrons. The van der Waals surface area contributed by atoms with Crippen molar-refractivity contribution in [2.45, 2.75) is 50.9 Å². The first-order valence-electron chi connectivity index (χ1n) is 13.7. The molecule has 0 fully saturated rings. The minimum atomic E-state index is -0.607. The first-order chi connectivity index (χ1) is 20.4. The highest BCUT2D eigenvalue weighted by Crippen LogP contribution is 2.39. The summed E-state index contributed by atoms with van der Waals surface area (Å²) in [5.74, 6) is -1.34. The van der Waals surface area contributed by atoms with Crippen molar-refractivity contribution in [1.82, 2.24) is 20.1 Å². The number of anilines is 1. The molecule has 4 aromatic rings. The number of carbonyl (C=O) groups excluding carboxylic acids is 3. The molecule has 2 N–H and O–H groups in total. The number of amides is 2. The molecule has 2 aromatic heterocycles. The molecule has 0 spiro atoms. The molecule has 1 aliphatic carbocycles. The Kier molecular flexibility index (Phi) is 9.65. The highest BCUT2D eigenvalue weighted by molar-refractivity contribution is 7.99.